The number of aliphatic carboxylic acids is 1. The van der Waals surface area contributed by atoms with E-state index in [4.69, 9.17) is 9.84 Å². The van der Waals surface area contributed by atoms with E-state index < -0.39 is 12.0 Å². The number of ether oxygens (including phenoxy) is 1. The van der Waals surface area contributed by atoms with Gasteiger partial charge in [-0.1, -0.05) is 13.8 Å². The number of hydrogen-bond donors (Lipinski definition) is 3. The molecule has 0 spiro atoms. The van der Waals surface area contributed by atoms with Gasteiger partial charge in [-0.05, 0) is 31.8 Å². The lowest BCUT2D eigenvalue weighted by Gasteiger charge is -2.23. The Morgan fingerprint density at radius 3 is 2.53 bits per heavy atom. The lowest BCUT2D eigenvalue weighted by molar-refractivity contribution is -0.143. The van der Waals surface area contributed by atoms with Crippen molar-refractivity contribution in [2.45, 2.75) is 45.3 Å². The number of nitrogens with one attached hydrogen (secondary N) is 2. The molecule has 0 saturated carbocycles. The minimum atomic E-state index is -0.998. The largest absolute Gasteiger partial charge is 0.480 e. The highest BCUT2D eigenvalue weighted by molar-refractivity contribution is 5.83. The minimum absolute atomic E-state index is 0.133. The van der Waals surface area contributed by atoms with E-state index in [1.165, 1.54) is 0 Å². The van der Waals surface area contributed by atoms with E-state index in [-0.39, 0.29) is 24.3 Å². The van der Waals surface area contributed by atoms with Gasteiger partial charge in [-0.3, -0.25) is 4.79 Å². The van der Waals surface area contributed by atoms with Crippen molar-refractivity contribution in [1.29, 1.82) is 0 Å². The molecular weight excluding hydrogens is 248 g/mol. The standard InChI is InChI=1S/C13H24N2O4/c1-9(2)12(13(17)18)15-11(16)5-8-19-10-3-6-14-7-4-10/h9-10,12,14H,3-8H2,1-2H3,(H,15,16)(H,17,18)/t12-/m1/s1. The van der Waals surface area contributed by atoms with Crippen molar-refractivity contribution in [3.05, 3.63) is 0 Å². The molecule has 1 rings (SSSR count). The van der Waals surface area contributed by atoms with Crippen molar-refractivity contribution in [3.63, 3.8) is 0 Å². The molecule has 1 amide bonds. The Labute approximate surface area is 113 Å². The van der Waals surface area contributed by atoms with Crippen LogP contribution in [-0.4, -0.2) is 48.8 Å². The Morgan fingerprint density at radius 2 is 2.00 bits per heavy atom. The van der Waals surface area contributed by atoms with Crippen LogP contribution in [0.5, 0.6) is 0 Å². The fourth-order valence-corrected chi connectivity index (χ4v) is 2.04. The highest BCUT2D eigenvalue weighted by atomic mass is 16.5. The van der Waals surface area contributed by atoms with Crippen molar-refractivity contribution in [3.8, 4) is 0 Å². The molecule has 6 heteroatoms. The number of carbonyl (C=O) groups is 2. The van der Waals surface area contributed by atoms with Crippen LogP contribution in [0.1, 0.15) is 33.1 Å². The maximum absolute atomic E-state index is 11.6. The van der Waals surface area contributed by atoms with Gasteiger partial charge in [-0.15, -0.1) is 0 Å². The third-order valence-electron chi connectivity index (χ3n) is 3.22. The molecular formula is C13H24N2O4. The summed E-state index contributed by atoms with van der Waals surface area (Å²) in [5, 5.41) is 14.7. The molecule has 0 aromatic carbocycles. The Hall–Kier alpha value is -1.14. The second kappa shape index (κ2) is 8.12. The van der Waals surface area contributed by atoms with E-state index in [2.05, 4.69) is 10.6 Å². The first kappa shape index (κ1) is 15.9. The fourth-order valence-electron chi connectivity index (χ4n) is 2.04. The Morgan fingerprint density at radius 1 is 1.37 bits per heavy atom. The molecule has 6 nitrogen and oxygen atoms in total. The molecule has 1 heterocycles. The van der Waals surface area contributed by atoms with E-state index in [9.17, 15) is 9.59 Å². The molecule has 19 heavy (non-hydrogen) atoms. The summed E-state index contributed by atoms with van der Waals surface area (Å²) in [5.74, 6) is -1.40. The quantitative estimate of drug-likeness (QED) is 0.623. The van der Waals surface area contributed by atoms with Crippen LogP contribution in [0.25, 0.3) is 0 Å². The van der Waals surface area contributed by atoms with E-state index in [0.717, 1.165) is 25.9 Å². The van der Waals surface area contributed by atoms with Crippen LogP contribution in [0.15, 0.2) is 0 Å². The molecule has 0 radical (unpaired) electrons. The number of amides is 1. The second-order valence-electron chi connectivity index (χ2n) is 5.20. The lowest BCUT2D eigenvalue weighted by atomic mass is 10.0. The van der Waals surface area contributed by atoms with E-state index in [0.29, 0.717) is 6.61 Å². The number of carboxylic acid groups (broad SMARTS) is 1. The van der Waals surface area contributed by atoms with Crippen molar-refractivity contribution >= 4 is 11.9 Å². The van der Waals surface area contributed by atoms with Gasteiger partial charge in [0.25, 0.3) is 0 Å². The number of hydrogen-bond acceptors (Lipinski definition) is 4. The number of rotatable bonds is 7. The second-order valence-corrected chi connectivity index (χ2v) is 5.20. The molecule has 1 fully saturated rings. The van der Waals surface area contributed by atoms with Crippen molar-refractivity contribution in [2.75, 3.05) is 19.7 Å². The Kier molecular flexibility index (Phi) is 6.80. The summed E-state index contributed by atoms with van der Waals surface area (Å²) in [6, 6.07) is -0.827. The molecule has 0 unspecified atom stereocenters. The van der Waals surface area contributed by atoms with Gasteiger partial charge in [0.2, 0.25) is 5.91 Å². The zero-order chi connectivity index (χ0) is 14.3. The first-order valence-electron chi connectivity index (χ1n) is 6.85. The number of piperidine rings is 1. The van der Waals surface area contributed by atoms with Gasteiger partial charge in [-0.2, -0.15) is 0 Å². The van der Waals surface area contributed by atoms with E-state index in [1.807, 2.05) is 0 Å². The minimum Gasteiger partial charge on any atom is -0.480 e. The summed E-state index contributed by atoms with van der Waals surface area (Å²) in [4.78, 5) is 22.6. The Bertz CT molecular complexity index is 301. The average molecular weight is 272 g/mol. The van der Waals surface area contributed by atoms with Gasteiger partial charge in [0.05, 0.1) is 12.7 Å². The normalized spacial score (nSPS) is 18.3. The van der Waals surface area contributed by atoms with Gasteiger partial charge < -0.3 is 20.5 Å². The average Bonchev–Trinajstić information content (AvgIpc) is 2.36. The fraction of sp³-hybridized carbons (Fsp3) is 0.846. The van der Waals surface area contributed by atoms with Gasteiger partial charge in [0, 0.05) is 6.42 Å². The van der Waals surface area contributed by atoms with Crippen LogP contribution in [0.3, 0.4) is 0 Å². The molecule has 1 saturated heterocycles. The van der Waals surface area contributed by atoms with Crippen LogP contribution in [0.4, 0.5) is 0 Å². The Balaban J connectivity index is 2.21. The molecule has 0 bridgehead atoms. The van der Waals surface area contributed by atoms with Crippen molar-refractivity contribution < 1.29 is 19.4 Å². The summed E-state index contributed by atoms with van der Waals surface area (Å²) < 4.78 is 5.61. The summed E-state index contributed by atoms with van der Waals surface area (Å²) in [6.07, 6.45) is 2.35. The summed E-state index contributed by atoms with van der Waals surface area (Å²) in [7, 11) is 0. The molecule has 1 aliphatic rings. The van der Waals surface area contributed by atoms with Gasteiger partial charge in [0.1, 0.15) is 6.04 Å². The van der Waals surface area contributed by atoms with Crippen molar-refractivity contribution in [2.24, 2.45) is 5.92 Å². The van der Waals surface area contributed by atoms with Crippen LogP contribution in [-0.2, 0) is 14.3 Å². The van der Waals surface area contributed by atoms with Crippen molar-refractivity contribution in [1.82, 2.24) is 10.6 Å². The van der Waals surface area contributed by atoms with Crippen LogP contribution in [0, 0.1) is 5.92 Å². The maximum Gasteiger partial charge on any atom is 0.326 e. The zero-order valence-corrected chi connectivity index (χ0v) is 11.6. The van der Waals surface area contributed by atoms with Gasteiger partial charge in [0.15, 0.2) is 0 Å². The van der Waals surface area contributed by atoms with Crippen LogP contribution < -0.4 is 10.6 Å². The van der Waals surface area contributed by atoms with E-state index in [1.54, 1.807) is 13.8 Å². The smallest absolute Gasteiger partial charge is 0.326 e. The molecule has 1 atom stereocenters. The first-order chi connectivity index (χ1) is 9.00. The maximum atomic E-state index is 11.6. The summed E-state index contributed by atoms with van der Waals surface area (Å²) in [6.45, 7) is 5.78. The topological polar surface area (TPSA) is 87.7 Å². The van der Waals surface area contributed by atoms with E-state index >= 15 is 0 Å². The third-order valence-corrected chi connectivity index (χ3v) is 3.22. The lowest BCUT2D eigenvalue weighted by Crippen LogP contribution is -2.44. The van der Waals surface area contributed by atoms with Gasteiger partial charge in [-0.25, -0.2) is 4.79 Å². The molecule has 1 aliphatic heterocycles. The molecule has 0 aromatic heterocycles. The SMILES string of the molecule is CC(C)[C@@H](NC(=O)CCOC1CCNCC1)C(=O)O. The number of carbonyl (C=O) groups excluding carboxylic acids is 1. The highest BCUT2D eigenvalue weighted by Crippen LogP contribution is 2.07. The molecule has 110 valence electrons. The van der Waals surface area contributed by atoms with Crippen LogP contribution in [0.2, 0.25) is 0 Å². The van der Waals surface area contributed by atoms with Gasteiger partial charge >= 0.3 is 5.97 Å². The molecule has 0 aromatic rings. The molecule has 3 N–H and O–H groups in total. The summed E-state index contributed by atoms with van der Waals surface area (Å²) >= 11 is 0. The highest BCUT2D eigenvalue weighted by Gasteiger charge is 2.23. The third kappa shape index (κ3) is 6.02. The first-order valence-corrected chi connectivity index (χ1v) is 6.85. The predicted octanol–water partition coefficient (Wildman–Crippen LogP) is 0.371. The summed E-state index contributed by atoms with van der Waals surface area (Å²) in [5.41, 5.74) is 0. The zero-order valence-electron chi connectivity index (χ0n) is 11.6. The van der Waals surface area contributed by atoms with Crippen LogP contribution >= 0.6 is 0 Å². The molecule has 0 aliphatic carbocycles. The monoisotopic (exact) mass is 272 g/mol. The predicted molar refractivity (Wildman–Crippen MR) is 70.9 cm³/mol. The number of carboxylic acids is 1.